The van der Waals surface area contributed by atoms with Crippen LogP contribution in [0.1, 0.15) is 18.6 Å². The Kier molecular flexibility index (Phi) is 5.28. The van der Waals surface area contributed by atoms with E-state index < -0.39 is 17.4 Å². The number of benzene rings is 1. The van der Waals surface area contributed by atoms with Crippen LogP contribution in [0.5, 0.6) is 5.75 Å². The number of alkyl halides is 3. The van der Waals surface area contributed by atoms with Crippen molar-refractivity contribution in [3.05, 3.63) is 29.6 Å². The summed E-state index contributed by atoms with van der Waals surface area (Å²) in [7, 11) is 0. The summed E-state index contributed by atoms with van der Waals surface area (Å²) >= 11 is -0.210. The monoisotopic (exact) mass is 284 g/mol. The van der Waals surface area contributed by atoms with Crippen LogP contribution in [-0.2, 0) is 0 Å². The van der Waals surface area contributed by atoms with E-state index in [2.05, 4.69) is 0 Å². The lowest BCUT2D eigenvalue weighted by molar-refractivity contribution is -0.0329. The fourth-order valence-electron chi connectivity index (χ4n) is 1.29. The van der Waals surface area contributed by atoms with Crippen LogP contribution >= 0.6 is 11.8 Å². The van der Waals surface area contributed by atoms with Crippen LogP contribution in [0.15, 0.2) is 18.2 Å². The summed E-state index contributed by atoms with van der Waals surface area (Å²) in [6.07, 6.45) is -0.879. The Hall–Kier alpha value is -0.950. The number of hydrogen-bond donors (Lipinski definition) is 1. The van der Waals surface area contributed by atoms with Crippen LogP contribution < -0.4 is 4.74 Å². The number of aliphatic hydroxyl groups excluding tert-OH is 1. The third-order valence-corrected chi connectivity index (χ3v) is 2.73. The van der Waals surface area contributed by atoms with Gasteiger partial charge in [-0.05, 0) is 30.8 Å². The normalized spacial score (nSPS) is 13.4. The lowest BCUT2D eigenvalue weighted by Gasteiger charge is -2.13. The number of aliphatic hydroxyl groups is 1. The summed E-state index contributed by atoms with van der Waals surface area (Å²) in [6, 6.07) is 3.53. The zero-order valence-electron chi connectivity index (χ0n) is 9.50. The third-order valence-electron chi connectivity index (χ3n) is 2.03. The summed E-state index contributed by atoms with van der Waals surface area (Å²) in [5, 5.41) is 9.39. The van der Waals surface area contributed by atoms with Gasteiger partial charge in [0, 0.05) is 17.4 Å². The molecule has 1 aromatic rings. The van der Waals surface area contributed by atoms with E-state index in [0.29, 0.717) is 5.56 Å². The highest BCUT2D eigenvalue weighted by Crippen LogP contribution is 2.30. The fourth-order valence-corrected chi connectivity index (χ4v) is 1.69. The van der Waals surface area contributed by atoms with E-state index in [1.165, 1.54) is 13.0 Å². The molecule has 0 amide bonds. The molecule has 0 fully saturated rings. The quantitative estimate of drug-likeness (QED) is 0.662. The molecule has 1 N–H and O–H groups in total. The van der Waals surface area contributed by atoms with Crippen molar-refractivity contribution in [3.63, 3.8) is 0 Å². The molecule has 1 atom stereocenters. The average Bonchev–Trinajstić information content (AvgIpc) is 2.22. The summed E-state index contributed by atoms with van der Waals surface area (Å²) in [6.45, 7) is 1.25. The fraction of sp³-hybridized carbons (Fsp3) is 0.455. The van der Waals surface area contributed by atoms with Crippen molar-refractivity contribution in [1.82, 2.24) is 0 Å². The summed E-state index contributed by atoms with van der Waals surface area (Å²) in [5.41, 5.74) is -3.97. The molecule has 0 spiro atoms. The van der Waals surface area contributed by atoms with E-state index in [4.69, 9.17) is 4.74 Å². The molecular weight excluding hydrogens is 272 g/mol. The minimum Gasteiger partial charge on any atom is -0.492 e. The number of hydrogen-bond acceptors (Lipinski definition) is 3. The molecule has 102 valence electrons. The Morgan fingerprint density at radius 2 is 2.06 bits per heavy atom. The largest absolute Gasteiger partial charge is 0.492 e. The van der Waals surface area contributed by atoms with Gasteiger partial charge in [-0.2, -0.15) is 13.2 Å². The minimum absolute atomic E-state index is 0.0628. The smallest absolute Gasteiger partial charge is 0.441 e. The number of rotatable bonds is 5. The average molecular weight is 284 g/mol. The molecule has 0 aromatic heterocycles. The molecule has 0 aliphatic carbocycles. The highest BCUT2D eigenvalue weighted by molar-refractivity contribution is 8.00. The molecule has 1 aromatic carbocycles. The van der Waals surface area contributed by atoms with E-state index in [1.807, 2.05) is 0 Å². The Labute approximate surface area is 106 Å². The highest BCUT2D eigenvalue weighted by atomic mass is 32.2. The van der Waals surface area contributed by atoms with Gasteiger partial charge < -0.3 is 9.84 Å². The second kappa shape index (κ2) is 6.29. The highest BCUT2D eigenvalue weighted by Gasteiger charge is 2.27. The van der Waals surface area contributed by atoms with Gasteiger partial charge in [0.1, 0.15) is 11.6 Å². The molecule has 0 bridgehead atoms. The Morgan fingerprint density at radius 3 is 2.61 bits per heavy atom. The second-order valence-corrected chi connectivity index (χ2v) is 4.66. The van der Waals surface area contributed by atoms with Crippen molar-refractivity contribution in [2.24, 2.45) is 0 Å². The summed E-state index contributed by atoms with van der Waals surface area (Å²) < 4.78 is 53.6. The first-order valence-electron chi connectivity index (χ1n) is 5.10. The van der Waals surface area contributed by atoms with Crippen LogP contribution in [0.3, 0.4) is 0 Å². The van der Waals surface area contributed by atoms with Gasteiger partial charge in [0.2, 0.25) is 0 Å². The Balaban J connectivity index is 2.58. The van der Waals surface area contributed by atoms with Gasteiger partial charge in [0.15, 0.2) is 0 Å². The standard InChI is InChI=1S/C11H12F4O2S/c1-7(16)9-3-2-8(12)6-10(9)17-4-5-18-11(13,14)15/h2-3,6-7,16H,4-5H2,1H3/t7-/m1/s1. The van der Waals surface area contributed by atoms with E-state index in [-0.39, 0.29) is 29.9 Å². The van der Waals surface area contributed by atoms with Crippen LogP contribution in [0.25, 0.3) is 0 Å². The predicted molar refractivity (Wildman–Crippen MR) is 61.0 cm³/mol. The molecule has 0 radical (unpaired) electrons. The zero-order valence-corrected chi connectivity index (χ0v) is 10.3. The lowest BCUT2D eigenvalue weighted by Crippen LogP contribution is -2.09. The van der Waals surface area contributed by atoms with Crippen molar-refractivity contribution in [2.75, 3.05) is 12.4 Å². The number of halogens is 4. The van der Waals surface area contributed by atoms with Gasteiger partial charge in [0.05, 0.1) is 12.7 Å². The number of thioether (sulfide) groups is 1. The van der Waals surface area contributed by atoms with Crippen molar-refractivity contribution >= 4 is 11.8 Å². The molecule has 2 nitrogen and oxygen atoms in total. The molecule has 7 heteroatoms. The van der Waals surface area contributed by atoms with E-state index in [1.54, 1.807) is 0 Å². The predicted octanol–water partition coefficient (Wildman–Crippen LogP) is 3.51. The molecule has 0 aliphatic rings. The van der Waals surface area contributed by atoms with Crippen LogP contribution in [-0.4, -0.2) is 23.0 Å². The van der Waals surface area contributed by atoms with Crippen LogP contribution in [0.4, 0.5) is 17.6 Å². The molecule has 0 aliphatic heterocycles. The zero-order chi connectivity index (χ0) is 13.8. The van der Waals surface area contributed by atoms with Crippen LogP contribution in [0, 0.1) is 5.82 Å². The Bertz CT molecular complexity index is 393. The van der Waals surface area contributed by atoms with E-state index in [9.17, 15) is 22.7 Å². The minimum atomic E-state index is -4.31. The summed E-state index contributed by atoms with van der Waals surface area (Å²) in [5.74, 6) is -0.801. The first kappa shape index (κ1) is 15.1. The Morgan fingerprint density at radius 1 is 1.39 bits per heavy atom. The van der Waals surface area contributed by atoms with Crippen molar-refractivity contribution in [1.29, 1.82) is 0 Å². The first-order chi connectivity index (χ1) is 8.29. The molecule has 0 unspecified atom stereocenters. The molecule has 0 saturated heterocycles. The summed E-state index contributed by atoms with van der Waals surface area (Å²) in [4.78, 5) is 0. The van der Waals surface area contributed by atoms with Gasteiger partial charge in [-0.3, -0.25) is 0 Å². The van der Waals surface area contributed by atoms with Crippen LogP contribution in [0.2, 0.25) is 0 Å². The van der Waals surface area contributed by atoms with Gasteiger partial charge >= 0.3 is 5.51 Å². The van der Waals surface area contributed by atoms with Gasteiger partial charge in [-0.25, -0.2) is 4.39 Å². The topological polar surface area (TPSA) is 29.5 Å². The van der Waals surface area contributed by atoms with Gasteiger partial charge in [-0.1, -0.05) is 0 Å². The van der Waals surface area contributed by atoms with Crippen molar-refractivity contribution in [3.8, 4) is 5.75 Å². The molecule has 0 heterocycles. The molecule has 1 rings (SSSR count). The molecule has 0 saturated carbocycles. The van der Waals surface area contributed by atoms with Gasteiger partial charge in [-0.15, -0.1) is 0 Å². The van der Waals surface area contributed by atoms with E-state index in [0.717, 1.165) is 12.1 Å². The third kappa shape index (κ3) is 5.14. The SMILES string of the molecule is C[C@@H](O)c1ccc(F)cc1OCCSC(F)(F)F. The number of ether oxygens (including phenoxy) is 1. The van der Waals surface area contributed by atoms with Crippen molar-refractivity contribution < 1.29 is 27.4 Å². The maximum atomic E-state index is 13.0. The van der Waals surface area contributed by atoms with E-state index >= 15 is 0 Å². The lowest BCUT2D eigenvalue weighted by atomic mass is 10.1. The molecule has 18 heavy (non-hydrogen) atoms. The van der Waals surface area contributed by atoms with Gasteiger partial charge in [0.25, 0.3) is 0 Å². The first-order valence-corrected chi connectivity index (χ1v) is 6.09. The van der Waals surface area contributed by atoms with Crippen molar-refractivity contribution in [2.45, 2.75) is 18.5 Å². The second-order valence-electron chi connectivity index (χ2n) is 3.50. The maximum absolute atomic E-state index is 13.0. The molecular formula is C11H12F4O2S. The maximum Gasteiger partial charge on any atom is 0.441 e.